The van der Waals surface area contributed by atoms with E-state index in [2.05, 4.69) is 16.9 Å². The molecule has 0 fully saturated rings. The van der Waals surface area contributed by atoms with Crippen LogP contribution in [0, 0.1) is 0 Å². The van der Waals surface area contributed by atoms with Gasteiger partial charge in [-0.2, -0.15) is 0 Å². The number of rotatable bonds is 5. The Morgan fingerprint density at radius 2 is 2.00 bits per heavy atom. The van der Waals surface area contributed by atoms with Crippen molar-refractivity contribution >= 4 is 28.0 Å². The Bertz CT molecular complexity index is 919. The first kappa shape index (κ1) is 16.3. The van der Waals surface area contributed by atoms with Crippen LogP contribution in [-0.4, -0.2) is 40.3 Å². The van der Waals surface area contributed by atoms with Gasteiger partial charge < -0.3 is 14.4 Å². The molecule has 0 radical (unpaired) electrons. The smallest absolute Gasteiger partial charge is 0.229 e. The largest absolute Gasteiger partial charge is 0.432 e. The molecule has 1 aliphatic carbocycles. The van der Waals surface area contributed by atoms with Crippen molar-refractivity contribution in [3.8, 4) is 0 Å². The van der Waals surface area contributed by atoms with Crippen molar-refractivity contribution < 1.29 is 9.52 Å². The van der Waals surface area contributed by atoms with Crippen molar-refractivity contribution in [3.63, 3.8) is 0 Å². The monoisotopic (exact) mass is 340 g/mol. The molecule has 25 heavy (non-hydrogen) atoms. The number of aromatic nitrogens is 3. The number of aliphatic hydroxyl groups excluding tert-OH is 1. The van der Waals surface area contributed by atoms with E-state index >= 15 is 0 Å². The lowest BCUT2D eigenvalue weighted by molar-refractivity contribution is 0.304. The van der Waals surface area contributed by atoms with E-state index in [-0.39, 0.29) is 6.61 Å². The van der Waals surface area contributed by atoms with Gasteiger partial charge >= 0.3 is 0 Å². The fourth-order valence-corrected chi connectivity index (χ4v) is 3.90. The highest BCUT2D eigenvalue weighted by Gasteiger charge is 2.24. The Hall–Kier alpha value is -2.21. The van der Waals surface area contributed by atoms with Gasteiger partial charge in [0.25, 0.3) is 0 Å². The number of pyridine rings is 1. The van der Waals surface area contributed by atoms with Crippen molar-refractivity contribution in [2.45, 2.75) is 45.4 Å². The van der Waals surface area contributed by atoms with E-state index in [1.54, 1.807) is 6.33 Å². The Morgan fingerprint density at radius 3 is 2.76 bits per heavy atom. The molecule has 0 atom stereocenters. The number of aliphatic hydroxyl groups is 1. The van der Waals surface area contributed by atoms with Gasteiger partial charge in [0.2, 0.25) is 5.71 Å². The minimum absolute atomic E-state index is 0.0660. The average Bonchev–Trinajstić information content (AvgIpc) is 3.00. The number of aryl methyl sites for hydroxylation is 2. The molecular weight excluding hydrogens is 316 g/mol. The first-order valence-electron chi connectivity index (χ1n) is 9.14. The van der Waals surface area contributed by atoms with Crippen LogP contribution >= 0.6 is 0 Å². The molecule has 3 aromatic heterocycles. The maximum Gasteiger partial charge on any atom is 0.229 e. The molecule has 0 aliphatic heterocycles. The zero-order chi connectivity index (χ0) is 17.4. The van der Waals surface area contributed by atoms with Crippen LogP contribution in [0.3, 0.4) is 0 Å². The molecule has 0 saturated carbocycles. The molecule has 0 spiro atoms. The van der Waals surface area contributed by atoms with E-state index < -0.39 is 0 Å². The Morgan fingerprint density at radius 1 is 1.20 bits per heavy atom. The summed E-state index contributed by atoms with van der Waals surface area (Å²) in [5, 5.41) is 10.3. The third-order valence-electron chi connectivity index (χ3n) is 5.07. The lowest BCUT2D eigenvalue weighted by atomic mass is 9.88. The van der Waals surface area contributed by atoms with Crippen molar-refractivity contribution in [2.24, 2.45) is 0 Å². The summed E-state index contributed by atoms with van der Waals surface area (Å²) < 4.78 is 6.14. The summed E-state index contributed by atoms with van der Waals surface area (Å²) in [4.78, 5) is 15.7. The minimum Gasteiger partial charge on any atom is -0.432 e. The van der Waals surface area contributed by atoms with Gasteiger partial charge in [0.05, 0.1) is 12.0 Å². The summed E-state index contributed by atoms with van der Waals surface area (Å²) in [5.41, 5.74) is 6.15. The highest BCUT2D eigenvalue weighted by molar-refractivity contribution is 6.06. The predicted octanol–water partition coefficient (Wildman–Crippen LogP) is 3.03. The predicted molar refractivity (Wildman–Crippen MR) is 98.1 cm³/mol. The van der Waals surface area contributed by atoms with E-state index in [1.807, 2.05) is 11.9 Å². The number of anilines is 1. The van der Waals surface area contributed by atoms with Crippen LogP contribution in [0.25, 0.3) is 22.2 Å². The number of likely N-dealkylation sites (N-methyl/N-ethyl adjacent to an activating group) is 1. The standard InChI is InChI=1S/C19H24N4O2/c1-3-6-14-12-7-4-5-8-13(12)15-16-17(25-19(15)22-14)18(21-11-20-16)23(2)9-10-24/h11,24H,3-10H2,1-2H3. The van der Waals surface area contributed by atoms with Crippen LogP contribution < -0.4 is 4.90 Å². The molecule has 4 rings (SSSR count). The van der Waals surface area contributed by atoms with E-state index in [0.717, 1.165) is 36.6 Å². The Kier molecular flexibility index (Phi) is 4.29. The summed E-state index contributed by atoms with van der Waals surface area (Å²) >= 11 is 0. The van der Waals surface area contributed by atoms with Gasteiger partial charge in [0, 0.05) is 19.3 Å². The molecule has 1 aliphatic rings. The molecule has 132 valence electrons. The molecule has 0 unspecified atom stereocenters. The first-order valence-corrected chi connectivity index (χ1v) is 9.14. The molecule has 0 bridgehead atoms. The van der Waals surface area contributed by atoms with Crippen LogP contribution in [-0.2, 0) is 19.3 Å². The zero-order valence-electron chi connectivity index (χ0n) is 14.9. The molecule has 3 heterocycles. The van der Waals surface area contributed by atoms with Gasteiger partial charge in [-0.15, -0.1) is 0 Å². The lowest BCUT2D eigenvalue weighted by Gasteiger charge is -2.19. The topological polar surface area (TPSA) is 75.3 Å². The van der Waals surface area contributed by atoms with Crippen LogP contribution in [0.1, 0.15) is 43.0 Å². The van der Waals surface area contributed by atoms with Crippen LogP contribution in [0.4, 0.5) is 5.82 Å². The second-order valence-corrected chi connectivity index (χ2v) is 6.78. The number of fused-ring (bicyclic) bond motifs is 5. The fourth-order valence-electron chi connectivity index (χ4n) is 3.90. The molecule has 6 heteroatoms. The molecule has 3 aromatic rings. The van der Waals surface area contributed by atoms with Gasteiger partial charge in [-0.3, -0.25) is 0 Å². The quantitative estimate of drug-likeness (QED) is 0.769. The Labute approximate surface area is 146 Å². The number of hydrogen-bond acceptors (Lipinski definition) is 6. The van der Waals surface area contributed by atoms with Crippen molar-refractivity contribution in [2.75, 3.05) is 25.1 Å². The van der Waals surface area contributed by atoms with Gasteiger partial charge in [-0.25, -0.2) is 15.0 Å². The van der Waals surface area contributed by atoms with Gasteiger partial charge in [0.1, 0.15) is 11.8 Å². The van der Waals surface area contributed by atoms with E-state index in [9.17, 15) is 5.11 Å². The second-order valence-electron chi connectivity index (χ2n) is 6.78. The van der Waals surface area contributed by atoms with Crippen LogP contribution in [0.15, 0.2) is 10.7 Å². The van der Waals surface area contributed by atoms with Gasteiger partial charge in [0.15, 0.2) is 11.4 Å². The van der Waals surface area contributed by atoms with Gasteiger partial charge in [-0.1, -0.05) is 13.3 Å². The third-order valence-corrected chi connectivity index (χ3v) is 5.07. The van der Waals surface area contributed by atoms with Crippen molar-refractivity contribution in [3.05, 3.63) is 23.1 Å². The molecule has 0 saturated heterocycles. The van der Waals surface area contributed by atoms with Crippen LogP contribution in [0.2, 0.25) is 0 Å². The average molecular weight is 340 g/mol. The van der Waals surface area contributed by atoms with E-state index in [4.69, 9.17) is 9.40 Å². The summed E-state index contributed by atoms with van der Waals surface area (Å²) in [5.74, 6) is 0.707. The molecule has 1 N–H and O–H groups in total. The SMILES string of the molecule is CCCc1nc2oc3c(N(C)CCO)ncnc3c2c2c1CCCC2. The highest BCUT2D eigenvalue weighted by Crippen LogP contribution is 2.38. The maximum atomic E-state index is 9.24. The zero-order valence-corrected chi connectivity index (χ0v) is 14.9. The second kappa shape index (κ2) is 6.59. The normalized spacial score (nSPS) is 14.2. The van der Waals surface area contributed by atoms with E-state index in [1.165, 1.54) is 29.7 Å². The molecule has 0 amide bonds. The molecule has 6 nitrogen and oxygen atoms in total. The fraction of sp³-hybridized carbons (Fsp3) is 0.526. The highest BCUT2D eigenvalue weighted by atomic mass is 16.3. The number of furan rings is 1. The van der Waals surface area contributed by atoms with Crippen molar-refractivity contribution in [1.82, 2.24) is 15.0 Å². The van der Waals surface area contributed by atoms with E-state index in [0.29, 0.717) is 23.7 Å². The summed E-state index contributed by atoms with van der Waals surface area (Å²) in [6.07, 6.45) is 8.23. The molecular formula is C19H24N4O2. The Balaban J connectivity index is 2.00. The number of hydrogen-bond donors (Lipinski definition) is 1. The summed E-state index contributed by atoms with van der Waals surface area (Å²) in [6.45, 7) is 2.75. The summed E-state index contributed by atoms with van der Waals surface area (Å²) in [6, 6.07) is 0. The van der Waals surface area contributed by atoms with Crippen LogP contribution in [0.5, 0.6) is 0 Å². The van der Waals surface area contributed by atoms with Crippen molar-refractivity contribution in [1.29, 1.82) is 0 Å². The third kappa shape index (κ3) is 2.65. The maximum absolute atomic E-state index is 9.24. The number of nitrogens with zero attached hydrogens (tertiary/aromatic N) is 4. The minimum atomic E-state index is 0.0660. The lowest BCUT2D eigenvalue weighted by Crippen LogP contribution is -2.22. The summed E-state index contributed by atoms with van der Waals surface area (Å²) in [7, 11) is 1.90. The first-order chi connectivity index (χ1) is 12.2. The molecule has 0 aromatic carbocycles. The van der Waals surface area contributed by atoms with Gasteiger partial charge in [-0.05, 0) is 43.2 Å².